The van der Waals surface area contributed by atoms with Crippen molar-refractivity contribution in [3.63, 3.8) is 0 Å². The molecule has 1 aromatic carbocycles. The Morgan fingerprint density at radius 3 is 2.46 bits per heavy atom. The molecule has 0 radical (unpaired) electrons. The van der Waals surface area contributed by atoms with Crippen molar-refractivity contribution in [2.45, 2.75) is 70.2 Å². The zero-order chi connectivity index (χ0) is 25.8. The van der Waals surface area contributed by atoms with Crippen LogP contribution < -0.4 is 5.32 Å². The first-order valence-corrected chi connectivity index (χ1v) is 14.0. The zero-order valence-electron chi connectivity index (χ0n) is 22.3. The highest BCUT2D eigenvalue weighted by Gasteiger charge is 2.24. The summed E-state index contributed by atoms with van der Waals surface area (Å²) in [5.41, 5.74) is 4.58. The van der Waals surface area contributed by atoms with Gasteiger partial charge in [-0.2, -0.15) is 4.98 Å². The molecule has 1 atom stereocenters. The number of anilines is 1. The Labute approximate surface area is 220 Å². The smallest absolute Gasteiger partial charge is 0.224 e. The molecular formula is C29H42N6O2. The number of hydrogen-bond acceptors (Lipinski definition) is 7. The number of fused-ring (bicyclic) bond motifs is 1. The van der Waals surface area contributed by atoms with Crippen molar-refractivity contribution >= 4 is 17.0 Å². The molecule has 8 nitrogen and oxygen atoms in total. The van der Waals surface area contributed by atoms with E-state index >= 15 is 0 Å². The number of likely N-dealkylation sites (N-methyl/N-ethyl adjacent to an activating group) is 1. The first kappa shape index (κ1) is 26.1. The number of piperazine rings is 1. The second kappa shape index (κ2) is 11.9. The van der Waals surface area contributed by atoms with E-state index in [0.717, 1.165) is 87.8 Å². The molecular weight excluding hydrogens is 464 g/mol. The van der Waals surface area contributed by atoms with E-state index in [9.17, 15) is 10.2 Å². The van der Waals surface area contributed by atoms with Crippen LogP contribution in [-0.2, 0) is 6.54 Å². The van der Waals surface area contributed by atoms with Crippen LogP contribution in [0.4, 0.5) is 5.95 Å². The summed E-state index contributed by atoms with van der Waals surface area (Å²) in [5.74, 6) is 0.560. The van der Waals surface area contributed by atoms with E-state index in [-0.39, 0.29) is 18.8 Å². The number of hydrogen-bond donors (Lipinski definition) is 3. The van der Waals surface area contributed by atoms with Gasteiger partial charge in [-0.1, -0.05) is 37.6 Å². The van der Waals surface area contributed by atoms with Crippen LogP contribution in [0.3, 0.4) is 0 Å². The van der Waals surface area contributed by atoms with Crippen LogP contribution in [0.1, 0.15) is 57.1 Å². The lowest BCUT2D eigenvalue weighted by molar-refractivity contribution is 0.111. The van der Waals surface area contributed by atoms with E-state index in [4.69, 9.17) is 4.98 Å². The van der Waals surface area contributed by atoms with Crippen LogP contribution in [0.5, 0.6) is 0 Å². The number of benzene rings is 1. The molecule has 0 amide bonds. The Hall–Kier alpha value is -2.52. The average Bonchev–Trinajstić information content (AvgIpc) is 3.29. The van der Waals surface area contributed by atoms with Gasteiger partial charge in [-0.25, -0.2) is 4.98 Å². The molecule has 1 aliphatic heterocycles. The van der Waals surface area contributed by atoms with Gasteiger partial charge in [-0.3, -0.25) is 4.90 Å². The van der Waals surface area contributed by atoms with Crippen molar-refractivity contribution in [2.24, 2.45) is 0 Å². The molecule has 37 heavy (non-hydrogen) atoms. The molecule has 2 aliphatic rings. The highest BCUT2D eigenvalue weighted by atomic mass is 16.3. The second-order valence-corrected chi connectivity index (χ2v) is 10.9. The summed E-state index contributed by atoms with van der Waals surface area (Å²) in [6.45, 7) is 7.65. The topological polar surface area (TPSA) is 89.7 Å². The maximum absolute atomic E-state index is 10.1. The Morgan fingerprint density at radius 1 is 1.05 bits per heavy atom. The summed E-state index contributed by atoms with van der Waals surface area (Å²) in [6, 6.07) is 9.21. The third kappa shape index (κ3) is 6.14. The van der Waals surface area contributed by atoms with E-state index in [1.807, 2.05) is 6.20 Å². The largest absolute Gasteiger partial charge is 0.394 e. The molecule has 200 valence electrons. The van der Waals surface area contributed by atoms with Crippen molar-refractivity contribution in [3.05, 3.63) is 42.2 Å². The number of nitrogens with one attached hydrogen (secondary N) is 1. The van der Waals surface area contributed by atoms with E-state index < -0.39 is 0 Å². The van der Waals surface area contributed by atoms with Crippen molar-refractivity contribution < 1.29 is 10.2 Å². The molecule has 1 unspecified atom stereocenters. The Kier molecular flexibility index (Phi) is 8.39. The molecule has 8 heteroatoms. The Bertz CT molecular complexity index is 1150. The molecule has 2 aromatic heterocycles. The van der Waals surface area contributed by atoms with Gasteiger partial charge in [0, 0.05) is 62.1 Å². The van der Waals surface area contributed by atoms with Gasteiger partial charge in [-0.05, 0) is 50.3 Å². The highest BCUT2D eigenvalue weighted by Crippen LogP contribution is 2.37. The van der Waals surface area contributed by atoms with E-state index in [1.165, 1.54) is 11.1 Å². The standard InChI is InChI=1S/C29H42N6O2/c1-3-4-23(20-36)31-29-30-17-26-27(19-35(28(26)32-29)24-9-11-25(37)12-10-24)22-7-5-21(6-8-22)18-34-15-13-33(2)14-16-34/h5-8,17,19,23-25,36-37H,3-4,9-16,18,20H2,1-2H3,(H,30,31,32). The zero-order valence-corrected chi connectivity index (χ0v) is 22.3. The van der Waals surface area contributed by atoms with Gasteiger partial charge in [0.25, 0.3) is 0 Å². The van der Waals surface area contributed by atoms with Gasteiger partial charge < -0.3 is 25.0 Å². The maximum Gasteiger partial charge on any atom is 0.224 e. The maximum atomic E-state index is 10.1. The summed E-state index contributed by atoms with van der Waals surface area (Å²) in [6.07, 6.45) is 9.33. The molecule has 5 rings (SSSR count). The summed E-state index contributed by atoms with van der Waals surface area (Å²) in [7, 11) is 2.19. The van der Waals surface area contributed by atoms with Crippen LogP contribution in [0, 0.1) is 0 Å². The third-order valence-corrected chi connectivity index (χ3v) is 8.09. The molecule has 1 saturated heterocycles. The van der Waals surface area contributed by atoms with Gasteiger partial charge in [-0.15, -0.1) is 0 Å². The monoisotopic (exact) mass is 506 g/mol. The minimum absolute atomic E-state index is 0.0528. The molecule has 3 heterocycles. The fraction of sp³-hybridized carbons (Fsp3) is 0.586. The molecule has 0 bridgehead atoms. The van der Waals surface area contributed by atoms with E-state index in [0.29, 0.717) is 12.0 Å². The first-order valence-electron chi connectivity index (χ1n) is 14.0. The molecule has 2 fully saturated rings. The van der Waals surface area contributed by atoms with Crippen molar-refractivity contribution in [1.29, 1.82) is 0 Å². The normalized spacial score (nSPS) is 22.4. The second-order valence-electron chi connectivity index (χ2n) is 10.9. The van der Waals surface area contributed by atoms with Crippen molar-refractivity contribution in [3.8, 4) is 11.1 Å². The summed E-state index contributed by atoms with van der Waals surface area (Å²) < 4.78 is 2.30. The molecule has 0 spiro atoms. The van der Waals surface area contributed by atoms with Crippen molar-refractivity contribution in [1.82, 2.24) is 24.3 Å². The van der Waals surface area contributed by atoms with Crippen LogP contribution in [0.15, 0.2) is 36.7 Å². The van der Waals surface area contributed by atoms with Gasteiger partial charge in [0.15, 0.2) is 0 Å². The number of aliphatic hydroxyl groups excluding tert-OH is 2. The fourth-order valence-electron chi connectivity index (χ4n) is 5.74. The van der Waals surface area contributed by atoms with Crippen LogP contribution in [-0.4, -0.2) is 86.5 Å². The predicted molar refractivity (Wildman–Crippen MR) is 149 cm³/mol. The lowest BCUT2D eigenvalue weighted by Crippen LogP contribution is -2.43. The molecule has 3 aromatic rings. The quantitative estimate of drug-likeness (QED) is 0.406. The number of aliphatic hydroxyl groups is 2. The molecule has 1 saturated carbocycles. The first-order chi connectivity index (χ1) is 18.0. The summed E-state index contributed by atoms with van der Waals surface area (Å²) >= 11 is 0. The van der Waals surface area contributed by atoms with Crippen LogP contribution >= 0.6 is 0 Å². The SMILES string of the molecule is CCCC(CO)Nc1ncc2c(-c3ccc(CN4CCN(C)CC4)cc3)cn(C3CCC(O)CC3)c2n1. The molecule has 3 N–H and O–H groups in total. The lowest BCUT2D eigenvalue weighted by atomic mass is 9.93. The van der Waals surface area contributed by atoms with E-state index in [2.05, 4.69) is 69.1 Å². The fourth-order valence-corrected chi connectivity index (χ4v) is 5.74. The minimum atomic E-state index is -0.198. The predicted octanol–water partition coefficient (Wildman–Crippen LogP) is 3.89. The highest BCUT2D eigenvalue weighted by molar-refractivity contribution is 5.94. The Balaban J connectivity index is 1.43. The van der Waals surface area contributed by atoms with Gasteiger partial charge in [0.2, 0.25) is 5.95 Å². The summed E-state index contributed by atoms with van der Waals surface area (Å²) in [4.78, 5) is 14.5. The number of rotatable bonds is 9. The van der Waals surface area contributed by atoms with Gasteiger partial charge in [0.05, 0.1) is 18.8 Å². The average molecular weight is 507 g/mol. The minimum Gasteiger partial charge on any atom is -0.394 e. The number of nitrogens with zero attached hydrogens (tertiary/aromatic N) is 5. The Morgan fingerprint density at radius 2 is 1.78 bits per heavy atom. The lowest BCUT2D eigenvalue weighted by Gasteiger charge is -2.32. The van der Waals surface area contributed by atoms with Gasteiger partial charge >= 0.3 is 0 Å². The van der Waals surface area contributed by atoms with Crippen LogP contribution in [0.2, 0.25) is 0 Å². The number of aromatic nitrogens is 3. The molecule has 1 aliphatic carbocycles. The van der Waals surface area contributed by atoms with Crippen molar-refractivity contribution in [2.75, 3.05) is 45.2 Å². The van der Waals surface area contributed by atoms with Gasteiger partial charge in [0.1, 0.15) is 5.65 Å². The van der Waals surface area contributed by atoms with Crippen LogP contribution in [0.25, 0.3) is 22.2 Å². The van der Waals surface area contributed by atoms with E-state index in [1.54, 1.807) is 0 Å². The summed E-state index contributed by atoms with van der Waals surface area (Å²) in [5, 5.41) is 24.2. The third-order valence-electron chi connectivity index (χ3n) is 8.09.